The van der Waals surface area contributed by atoms with Gasteiger partial charge in [0, 0.05) is 6.07 Å². The van der Waals surface area contributed by atoms with Crippen molar-refractivity contribution in [3.05, 3.63) is 46.8 Å². The van der Waals surface area contributed by atoms with Crippen LogP contribution in [-0.4, -0.2) is 116 Å². The molecule has 0 radical (unpaired) electrons. The van der Waals surface area contributed by atoms with Gasteiger partial charge in [-0.2, -0.15) is 0 Å². The lowest BCUT2D eigenvalue weighted by molar-refractivity contribution is -0.345. The molecular formula is C27H30O15. The summed E-state index contributed by atoms with van der Waals surface area (Å²) in [7, 11) is 1.18. The Kier molecular flexibility index (Phi) is 8.56. The first-order valence-corrected chi connectivity index (χ1v) is 12.8. The Hall–Kier alpha value is -3.51. The monoisotopic (exact) mass is 594 g/mol. The molecule has 0 bridgehead atoms. The number of benzene rings is 2. The Morgan fingerprint density at radius 1 is 0.952 bits per heavy atom. The van der Waals surface area contributed by atoms with Gasteiger partial charge in [0.05, 0.1) is 25.9 Å². The third-order valence-electron chi connectivity index (χ3n) is 7.16. The molecule has 228 valence electrons. The van der Waals surface area contributed by atoms with Crippen molar-refractivity contribution in [3.8, 4) is 34.1 Å². The average Bonchev–Trinajstić information content (AvgIpc) is 2.97. The lowest BCUT2D eigenvalue weighted by atomic mass is 9.98. The molecule has 15 heteroatoms. The van der Waals surface area contributed by atoms with Crippen LogP contribution in [0.1, 0.15) is 0 Å². The third kappa shape index (κ3) is 5.37. The van der Waals surface area contributed by atoms with Gasteiger partial charge in [0.25, 0.3) is 0 Å². The van der Waals surface area contributed by atoms with Crippen LogP contribution >= 0.6 is 0 Å². The van der Waals surface area contributed by atoms with Crippen molar-refractivity contribution in [1.29, 1.82) is 0 Å². The van der Waals surface area contributed by atoms with Gasteiger partial charge in [-0.1, -0.05) is 12.1 Å². The van der Waals surface area contributed by atoms with Crippen LogP contribution in [0.3, 0.4) is 0 Å². The van der Waals surface area contributed by atoms with Crippen LogP contribution in [0.25, 0.3) is 22.1 Å². The first kappa shape index (κ1) is 30.0. The first-order chi connectivity index (χ1) is 20.0. The van der Waals surface area contributed by atoms with Crippen molar-refractivity contribution in [2.75, 3.05) is 20.3 Å². The zero-order valence-corrected chi connectivity index (χ0v) is 22.0. The highest BCUT2D eigenvalue weighted by atomic mass is 16.8. The second kappa shape index (κ2) is 12.0. The van der Waals surface area contributed by atoms with Gasteiger partial charge < -0.3 is 69.0 Å². The molecule has 1 aromatic heterocycles. The molecule has 5 rings (SSSR count). The van der Waals surface area contributed by atoms with E-state index in [2.05, 4.69) is 0 Å². The number of hydrogen-bond acceptors (Lipinski definition) is 15. The largest absolute Gasteiger partial charge is 0.508 e. The summed E-state index contributed by atoms with van der Waals surface area (Å²) in [6.07, 6.45) is -13.4. The first-order valence-electron chi connectivity index (χ1n) is 12.8. The number of phenolic OH excluding ortho intramolecular Hbond substituents is 2. The Balaban J connectivity index is 1.51. The van der Waals surface area contributed by atoms with Crippen LogP contribution in [0.5, 0.6) is 23.0 Å². The highest BCUT2D eigenvalue weighted by molar-refractivity contribution is 5.91. The topological polar surface area (TPSA) is 238 Å². The molecule has 42 heavy (non-hydrogen) atoms. The minimum atomic E-state index is -1.79. The minimum Gasteiger partial charge on any atom is -0.508 e. The lowest BCUT2D eigenvalue weighted by Gasteiger charge is -2.44. The number of hydrogen-bond donors (Lipinski definition) is 8. The summed E-state index contributed by atoms with van der Waals surface area (Å²) in [6.45, 7) is -1.16. The van der Waals surface area contributed by atoms with Crippen LogP contribution in [-0.2, 0) is 14.2 Å². The van der Waals surface area contributed by atoms with E-state index in [1.807, 2.05) is 0 Å². The zero-order valence-electron chi connectivity index (χ0n) is 22.0. The fraction of sp³-hybridized carbons (Fsp3) is 0.444. The molecule has 2 saturated heterocycles. The van der Waals surface area contributed by atoms with E-state index in [0.717, 1.165) is 6.26 Å². The molecule has 2 fully saturated rings. The minimum absolute atomic E-state index is 0.0122. The lowest BCUT2D eigenvalue weighted by Crippen LogP contribution is -2.63. The molecule has 0 spiro atoms. The summed E-state index contributed by atoms with van der Waals surface area (Å²) < 4.78 is 33.3. The SMILES string of the molecule is COc1c(O[C@@H]2O[C@H](CO)[C@@H](O)[C@H](O)[C@H]2O[C@@H]2OC[C@@H](O)[C@H](O)[C@H]2O)cc2occ(-c3ccc(O)cc3)c(=O)c2c1O. The molecule has 2 aliphatic rings. The Morgan fingerprint density at radius 2 is 1.67 bits per heavy atom. The van der Waals surface area contributed by atoms with Gasteiger partial charge in [0.2, 0.25) is 17.5 Å². The van der Waals surface area contributed by atoms with Gasteiger partial charge in [-0.3, -0.25) is 4.79 Å². The molecule has 3 heterocycles. The van der Waals surface area contributed by atoms with E-state index in [0.29, 0.717) is 5.56 Å². The molecule has 2 aromatic carbocycles. The molecule has 0 saturated carbocycles. The predicted molar refractivity (Wildman–Crippen MR) is 139 cm³/mol. The van der Waals surface area contributed by atoms with Crippen LogP contribution in [0, 0.1) is 0 Å². The van der Waals surface area contributed by atoms with Gasteiger partial charge in [0.1, 0.15) is 59.6 Å². The van der Waals surface area contributed by atoms with Crippen molar-refractivity contribution >= 4 is 11.0 Å². The van der Waals surface area contributed by atoms with Crippen LogP contribution in [0.2, 0.25) is 0 Å². The molecule has 0 unspecified atom stereocenters. The van der Waals surface area contributed by atoms with Crippen LogP contribution in [0.15, 0.2) is 45.8 Å². The highest BCUT2D eigenvalue weighted by Crippen LogP contribution is 2.43. The molecule has 9 atom stereocenters. The van der Waals surface area contributed by atoms with E-state index in [1.165, 1.54) is 37.4 Å². The van der Waals surface area contributed by atoms with Crippen molar-refractivity contribution < 1.29 is 69.0 Å². The van der Waals surface area contributed by atoms with Gasteiger partial charge in [-0.05, 0) is 17.7 Å². The van der Waals surface area contributed by atoms with E-state index in [1.54, 1.807) is 0 Å². The van der Waals surface area contributed by atoms with E-state index in [9.17, 15) is 45.6 Å². The van der Waals surface area contributed by atoms with Crippen molar-refractivity contribution in [1.82, 2.24) is 0 Å². The predicted octanol–water partition coefficient (Wildman–Crippen LogP) is -1.48. The maximum Gasteiger partial charge on any atom is 0.229 e. The molecule has 8 N–H and O–H groups in total. The summed E-state index contributed by atoms with van der Waals surface area (Å²) in [5, 5.41) is 81.3. The maximum absolute atomic E-state index is 13.3. The molecule has 2 aliphatic heterocycles. The normalized spacial score (nSPS) is 31.6. The summed E-state index contributed by atoms with van der Waals surface area (Å²) >= 11 is 0. The second-order valence-corrected chi connectivity index (χ2v) is 9.83. The summed E-state index contributed by atoms with van der Waals surface area (Å²) in [5.74, 6) is -1.27. The number of phenols is 2. The average molecular weight is 595 g/mol. The number of fused-ring (bicyclic) bond motifs is 1. The van der Waals surface area contributed by atoms with Crippen LogP contribution < -0.4 is 14.9 Å². The summed E-state index contributed by atoms with van der Waals surface area (Å²) in [6, 6.07) is 6.94. The van der Waals surface area contributed by atoms with Crippen molar-refractivity contribution in [2.45, 2.75) is 55.3 Å². The molecule has 0 aliphatic carbocycles. The standard InChI is InChI=1S/C27H30O15/c1-37-24-15(6-14-17(21(24)34)18(31)12(8-38-14)10-2-4-11(29)5-3-10)40-27-25(22(35)20(33)16(7-28)41-27)42-26-23(36)19(32)13(30)9-39-26/h2-6,8,13,16,19-20,22-23,25-30,32-36H,7,9H2,1H3/t13-,16-,19+,20-,22+,23-,25-,26+,27-/m1/s1. The second-order valence-electron chi connectivity index (χ2n) is 9.83. The molecule has 0 amide bonds. The van der Waals surface area contributed by atoms with Crippen molar-refractivity contribution in [2.24, 2.45) is 0 Å². The number of methoxy groups -OCH3 is 1. The number of aliphatic hydroxyl groups excluding tert-OH is 6. The fourth-order valence-corrected chi connectivity index (χ4v) is 4.83. The van der Waals surface area contributed by atoms with E-state index in [-0.39, 0.29) is 33.8 Å². The van der Waals surface area contributed by atoms with Gasteiger partial charge in [-0.25, -0.2) is 0 Å². The number of rotatable bonds is 7. The summed E-state index contributed by atoms with van der Waals surface area (Å²) in [4.78, 5) is 13.3. The van der Waals surface area contributed by atoms with Gasteiger partial charge in [0.15, 0.2) is 23.9 Å². The van der Waals surface area contributed by atoms with Gasteiger partial charge >= 0.3 is 0 Å². The highest BCUT2D eigenvalue weighted by Gasteiger charge is 2.50. The molecule has 3 aromatic rings. The van der Waals surface area contributed by atoms with E-state index in [4.69, 9.17) is 28.1 Å². The number of aliphatic hydroxyl groups is 6. The zero-order chi connectivity index (χ0) is 30.3. The van der Waals surface area contributed by atoms with E-state index >= 15 is 0 Å². The van der Waals surface area contributed by atoms with Gasteiger partial charge in [-0.15, -0.1) is 0 Å². The fourth-order valence-electron chi connectivity index (χ4n) is 4.83. The quantitative estimate of drug-likeness (QED) is 0.156. The Bertz CT molecular complexity index is 1460. The van der Waals surface area contributed by atoms with Crippen LogP contribution in [0.4, 0.5) is 0 Å². The van der Waals surface area contributed by atoms with E-state index < -0.39 is 79.7 Å². The Morgan fingerprint density at radius 3 is 2.33 bits per heavy atom. The number of aromatic hydroxyl groups is 2. The Labute approximate surface area is 236 Å². The van der Waals surface area contributed by atoms with Crippen molar-refractivity contribution in [3.63, 3.8) is 0 Å². The molecular weight excluding hydrogens is 564 g/mol. The smallest absolute Gasteiger partial charge is 0.229 e. The third-order valence-corrected chi connectivity index (χ3v) is 7.16. The number of ether oxygens (including phenoxy) is 5. The maximum atomic E-state index is 13.3. The molecule has 15 nitrogen and oxygen atoms in total. The summed E-state index contributed by atoms with van der Waals surface area (Å²) in [5.41, 5.74) is -0.266.